The second-order valence-electron chi connectivity index (χ2n) is 8.15. The highest BCUT2D eigenvalue weighted by Crippen LogP contribution is 2.58. The SMILES string of the molecule is CC(C)Oc1cc2nc(C34COC(C)(C3)C4)cn2cc1C(=O)N/C(O)=C/C=N. The van der Waals surface area contributed by atoms with Crippen molar-refractivity contribution in [2.75, 3.05) is 6.61 Å². The number of rotatable bonds is 6. The molecule has 2 aliphatic heterocycles. The average Bonchev–Trinajstić information content (AvgIpc) is 3.23. The minimum Gasteiger partial charge on any atom is -0.494 e. The van der Waals surface area contributed by atoms with Gasteiger partial charge in [0.05, 0.1) is 29.6 Å². The van der Waals surface area contributed by atoms with Gasteiger partial charge in [0.25, 0.3) is 5.91 Å². The van der Waals surface area contributed by atoms with E-state index in [0.29, 0.717) is 18.0 Å². The highest BCUT2D eigenvalue weighted by Gasteiger charge is 2.61. The fourth-order valence-electron chi connectivity index (χ4n) is 4.25. The van der Waals surface area contributed by atoms with Gasteiger partial charge >= 0.3 is 0 Å². The molecular formula is C20H24N4O4. The Labute approximate surface area is 162 Å². The maximum atomic E-state index is 12.6. The van der Waals surface area contributed by atoms with Crippen molar-refractivity contribution in [3.05, 3.63) is 41.7 Å². The zero-order valence-corrected chi connectivity index (χ0v) is 16.2. The third-order valence-corrected chi connectivity index (χ3v) is 5.31. The molecule has 2 bridgehead atoms. The van der Waals surface area contributed by atoms with Gasteiger partial charge in [0.1, 0.15) is 11.4 Å². The van der Waals surface area contributed by atoms with E-state index in [2.05, 4.69) is 12.2 Å². The number of allylic oxidation sites excluding steroid dienone is 1. The van der Waals surface area contributed by atoms with Crippen molar-refractivity contribution < 1.29 is 19.4 Å². The molecule has 148 valence electrons. The number of hydrogen-bond donors (Lipinski definition) is 3. The van der Waals surface area contributed by atoms with Crippen molar-refractivity contribution in [2.24, 2.45) is 0 Å². The fourth-order valence-corrected chi connectivity index (χ4v) is 4.25. The van der Waals surface area contributed by atoms with Crippen LogP contribution in [-0.2, 0) is 10.2 Å². The topological polar surface area (TPSA) is 109 Å². The van der Waals surface area contributed by atoms with Crippen LogP contribution in [0.4, 0.5) is 0 Å². The Morgan fingerprint density at radius 1 is 1.46 bits per heavy atom. The number of fused-ring (bicyclic) bond motifs is 2. The molecule has 3 fully saturated rings. The van der Waals surface area contributed by atoms with Crippen molar-refractivity contribution in [3.8, 4) is 5.75 Å². The molecular weight excluding hydrogens is 360 g/mol. The lowest BCUT2D eigenvalue weighted by molar-refractivity contribution is 0.0154. The number of nitrogens with zero attached hydrogens (tertiary/aromatic N) is 2. The first kappa shape index (κ1) is 18.5. The van der Waals surface area contributed by atoms with Gasteiger partial charge in [-0.15, -0.1) is 0 Å². The van der Waals surface area contributed by atoms with Gasteiger partial charge in [0.2, 0.25) is 0 Å². The Morgan fingerprint density at radius 3 is 2.82 bits per heavy atom. The number of pyridine rings is 1. The quantitative estimate of drug-likeness (QED) is 0.524. The fraction of sp³-hybridized carbons (Fsp3) is 0.450. The molecule has 28 heavy (non-hydrogen) atoms. The lowest BCUT2D eigenvalue weighted by Crippen LogP contribution is -2.45. The van der Waals surface area contributed by atoms with Gasteiger partial charge < -0.3 is 24.4 Å². The number of nitrogens with one attached hydrogen (secondary N) is 2. The Kier molecular flexibility index (Phi) is 4.19. The van der Waals surface area contributed by atoms with E-state index in [9.17, 15) is 9.90 Å². The van der Waals surface area contributed by atoms with Crippen LogP contribution in [0.15, 0.2) is 30.4 Å². The molecule has 8 nitrogen and oxygen atoms in total. The molecule has 5 rings (SSSR count). The number of aliphatic hydroxyl groups is 1. The minimum absolute atomic E-state index is 0.0362. The average molecular weight is 384 g/mol. The van der Waals surface area contributed by atoms with Crippen molar-refractivity contribution >= 4 is 17.8 Å². The molecule has 0 radical (unpaired) electrons. The molecule has 1 aliphatic carbocycles. The Hall–Kier alpha value is -2.87. The van der Waals surface area contributed by atoms with Gasteiger partial charge in [-0.25, -0.2) is 4.98 Å². The molecule has 2 aromatic heterocycles. The highest BCUT2D eigenvalue weighted by atomic mass is 16.5. The smallest absolute Gasteiger partial charge is 0.263 e. The summed E-state index contributed by atoms with van der Waals surface area (Å²) in [6.07, 6.45) is 7.34. The molecule has 0 unspecified atom stereocenters. The zero-order chi connectivity index (χ0) is 20.1. The van der Waals surface area contributed by atoms with Gasteiger partial charge in [0.15, 0.2) is 5.88 Å². The largest absolute Gasteiger partial charge is 0.494 e. The minimum atomic E-state index is -0.526. The molecule has 0 aromatic carbocycles. The summed E-state index contributed by atoms with van der Waals surface area (Å²) < 4.78 is 13.5. The van der Waals surface area contributed by atoms with Crippen LogP contribution < -0.4 is 10.1 Å². The van der Waals surface area contributed by atoms with Crippen LogP contribution in [0.5, 0.6) is 5.75 Å². The van der Waals surface area contributed by atoms with Gasteiger partial charge in [-0.05, 0) is 33.6 Å². The van der Waals surface area contributed by atoms with Gasteiger partial charge in [-0.3, -0.25) is 10.1 Å². The number of ether oxygens (including phenoxy) is 2. The number of aromatic nitrogens is 2. The molecule has 3 N–H and O–H groups in total. The molecule has 1 saturated carbocycles. The number of aliphatic hydroxyl groups excluding tert-OH is 1. The van der Waals surface area contributed by atoms with Crippen LogP contribution in [0.25, 0.3) is 5.65 Å². The number of amides is 1. The lowest BCUT2D eigenvalue weighted by atomic mass is 9.62. The van der Waals surface area contributed by atoms with Crippen LogP contribution >= 0.6 is 0 Å². The zero-order valence-electron chi connectivity index (χ0n) is 16.2. The molecule has 1 amide bonds. The van der Waals surface area contributed by atoms with Crippen molar-refractivity contribution in [2.45, 2.75) is 50.7 Å². The summed E-state index contributed by atoms with van der Waals surface area (Å²) >= 11 is 0. The summed E-state index contributed by atoms with van der Waals surface area (Å²) in [5, 5.41) is 19.0. The van der Waals surface area contributed by atoms with E-state index in [-0.39, 0.29) is 22.7 Å². The lowest BCUT2D eigenvalue weighted by Gasteiger charge is -2.41. The number of carbonyl (C=O) groups is 1. The Morgan fingerprint density at radius 2 is 2.21 bits per heavy atom. The van der Waals surface area contributed by atoms with E-state index in [0.717, 1.165) is 30.8 Å². The summed E-state index contributed by atoms with van der Waals surface area (Å²) in [6, 6.07) is 1.74. The van der Waals surface area contributed by atoms with Gasteiger partial charge in [-0.2, -0.15) is 0 Å². The van der Waals surface area contributed by atoms with Crippen molar-refractivity contribution in [1.82, 2.24) is 14.7 Å². The summed E-state index contributed by atoms with van der Waals surface area (Å²) in [5.41, 5.74) is 1.84. The second kappa shape index (κ2) is 6.34. The summed E-state index contributed by atoms with van der Waals surface area (Å²) in [5.74, 6) is -0.543. The van der Waals surface area contributed by atoms with Crippen LogP contribution in [0.1, 0.15) is 49.7 Å². The molecule has 3 aliphatic rings. The number of carbonyl (C=O) groups excluding carboxylic acids is 1. The van der Waals surface area contributed by atoms with Crippen molar-refractivity contribution in [1.29, 1.82) is 5.41 Å². The second-order valence-corrected chi connectivity index (χ2v) is 8.15. The first-order chi connectivity index (χ1) is 13.2. The highest BCUT2D eigenvalue weighted by molar-refractivity contribution is 5.98. The maximum absolute atomic E-state index is 12.6. The van der Waals surface area contributed by atoms with Crippen LogP contribution in [-0.4, -0.2) is 44.9 Å². The molecule has 2 aromatic rings. The Balaban J connectivity index is 1.72. The summed E-state index contributed by atoms with van der Waals surface area (Å²) in [6.45, 7) is 6.54. The summed E-state index contributed by atoms with van der Waals surface area (Å²) in [7, 11) is 0. The maximum Gasteiger partial charge on any atom is 0.263 e. The predicted octanol–water partition coefficient (Wildman–Crippen LogP) is 2.72. The summed E-state index contributed by atoms with van der Waals surface area (Å²) in [4.78, 5) is 17.4. The molecule has 0 atom stereocenters. The van der Waals surface area contributed by atoms with E-state index in [1.165, 1.54) is 0 Å². The van der Waals surface area contributed by atoms with Gasteiger partial charge in [-0.1, -0.05) is 0 Å². The van der Waals surface area contributed by atoms with Gasteiger partial charge in [0, 0.05) is 36.2 Å². The van der Waals surface area contributed by atoms with Crippen LogP contribution in [0.2, 0.25) is 0 Å². The van der Waals surface area contributed by atoms with E-state index in [1.807, 2.05) is 20.0 Å². The van der Waals surface area contributed by atoms with E-state index in [1.54, 1.807) is 16.7 Å². The normalized spacial score (nSPS) is 26.4. The third-order valence-electron chi connectivity index (χ3n) is 5.31. The standard InChI is InChI=1S/C20H24N4O4/c1-12(2)28-14-6-16-22-15(20-9-19(3,10-20)27-11-20)8-24(16)7-13(14)18(26)23-17(25)4-5-21/h4-8,12,21,25H,9-11H2,1-3H3,(H,23,26)/b17-4-,21-5?. The van der Waals surface area contributed by atoms with Crippen molar-refractivity contribution in [3.63, 3.8) is 0 Å². The predicted molar refractivity (Wildman–Crippen MR) is 103 cm³/mol. The molecule has 0 spiro atoms. The third kappa shape index (κ3) is 3.03. The first-order valence-corrected chi connectivity index (χ1v) is 9.29. The van der Waals surface area contributed by atoms with E-state index >= 15 is 0 Å². The van der Waals surface area contributed by atoms with Crippen LogP contribution in [0.3, 0.4) is 0 Å². The molecule has 2 saturated heterocycles. The molecule has 8 heteroatoms. The number of imidazole rings is 1. The van der Waals surface area contributed by atoms with E-state index in [4.69, 9.17) is 19.9 Å². The van der Waals surface area contributed by atoms with E-state index < -0.39 is 11.8 Å². The monoisotopic (exact) mass is 384 g/mol. The van der Waals surface area contributed by atoms with Crippen LogP contribution in [0, 0.1) is 5.41 Å². The molecule has 4 heterocycles. The number of hydrogen-bond acceptors (Lipinski definition) is 6. The first-order valence-electron chi connectivity index (χ1n) is 9.29. The Bertz CT molecular complexity index is 985.